The van der Waals surface area contributed by atoms with Gasteiger partial charge in [-0.05, 0) is 157 Å². The minimum Gasteiger partial charge on any atom is -0.453 e. The van der Waals surface area contributed by atoms with Gasteiger partial charge in [-0.2, -0.15) is 0 Å². The molecule has 76 heavy (non-hydrogen) atoms. The number of aromatic nitrogens is 8. The Morgan fingerprint density at radius 1 is 0.289 bits per heavy atom. The van der Waals surface area contributed by atoms with Gasteiger partial charge in [-0.15, -0.1) is 0 Å². The summed E-state index contributed by atoms with van der Waals surface area (Å²) in [5.41, 5.74) is 14.8. The maximum atomic E-state index is 6.57. The summed E-state index contributed by atoms with van der Waals surface area (Å²) < 4.78 is 6.57. The molecule has 0 radical (unpaired) electrons. The SMILES string of the molecule is c1ccc(-c2cc(-c3cc(-c4cc(-c5cc(-c6ccccn6)nc(-c6ccccn6)n5)cc(N5c6ccccc6Sc6ccccc65)c4)cc(N4c5ccccc5Oc5ccccc54)c3)nc(-c3ccccn3)n2)nc1. The van der Waals surface area contributed by atoms with Crippen LogP contribution in [0.25, 0.3) is 79.5 Å². The summed E-state index contributed by atoms with van der Waals surface area (Å²) in [6.45, 7) is 0. The molecule has 0 fully saturated rings. The van der Waals surface area contributed by atoms with Gasteiger partial charge in [0, 0.05) is 57.1 Å². The van der Waals surface area contributed by atoms with Crippen molar-refractivity contribution in [1.82, 2.24) is 39.9 Å². The highest BCUT2D eigenvalue weighted by molar-refractivity contribution is 7.99. The zero-order chi connectivity index (χ0) is 50.4. The van der Waals surface area contributed by atoms with Crippen molar-refractivity contribution < 1.29 is 4.74 Å². The summed E-state index contributed by atoms with van der Waals surface area (Å²) in [6.07, 6.45) is 7.09. The Balaban J connectivity index is 1.05. The summed E-state index contributed by atoms with van der Waals surface area (Å²) in [5.74, 6) is 2.45. The molecule has 0 unspecified atom stereocenters. The summed E-state index contributed by atoms with van der Waals surface area (Å²) in [7, 11) is 0. The standard InChI is InChI=1S/C64H40N10OS/c1-5-25-59-55(21-1)73(56-22-2-6-26-60(56)75-59)45-35-41(33-43(37-45)51-39-53(47-17-9-13-29-65-47)71-63(69-51)49-19-11-15-31-67-49)42-34-44(38-46(36-42)74-57-23-3-7-27-61(57)76-62-28-8-4-24-58(62)74)52-40-54(48-18-10-14-30-66-48)72-64(70-52)50-20-12-16-32-68-50/h1-40H. The second kappa shape index (κ2) is 19.0. The van der Waals surface area contributed by atoms with Crippen molar-refractivity contribution in [2.75, 3.05) is 9.80 Å². The van der Waals surface area contributed by atoms with Crippen LogP contribution in [0.5, 0.6) is 11.5 Å². The van der Waals surface area contributed by atoms with Crippen molar-refractivity contribution >= 4 is 45.9 Å². The maximum Gasteiger partial charge on any atom is 0.179 e. The lowest BCUT2D eigenvalue weighted by molar-refractivity contribution is 0.477. The van der Waals surface area contributed by atoms with Gasteiger partial charge in [0.2, 0.25) is 0 Å². The van der Waals surface area contributed by atoms with Gasteiger partial charge in [0.25, 0.3) is 0 Å². The highest BCUT2D eigenvalue weighted by Crippen LogP contribution is 2.54. The van der Waals surface area contributed by atoms with Crippen LogP contribution in [-0.4, -0.2) is 39.9 Å². The lowest BCUT2D eigenvalue weighted by Gasteiger charge is -2.34. The van der Waals surface area contributed by atoms with Gasteiger partial charge in [-0.1, -0.05) is 84.6 Å². The number of para-hydroxylation sites is 6. The molecule has 12 heteroatoms. The number of hydrogen-bond donors (Lipinski definition) is 0. The molecule has 0 bridgehead atoms. The third-order valence-corrected chi connectivity index (χ3v) is 14.4. The first kappa shape index (κ1) is 44.5. The van der Waals surface area contributed by atoms with E-state index in [1.165, 1.54) is 0 Å². The highest BCUT2D eigenvalue weighted by atomic mass is 32.2. The van der Waals surface area contributed by atoms with E-state index >= 15 is 0 Å². The average molecular weight is 997 g/mol. The van der Waals surface area contributed by atoms with E-state index in [0.717, 1.165) is 83.4 Å². The lowest BCUT2D eigenvalue weighted by Crippen LogP contribution is -2.16. The molecule has 2 aliphatic heterocycles. The number of pyridine rings is 4. The average Bonchev–Trinajstić information content (AvgIpc) is 3.56. The molecular formula is C64H40N10OS. The number of hydrogen-bond acceptors (Lipinski definition) is 12. The molecule has 358 valence electrons. The predicted molar refractivity (Wildman–Crippen MR) is 300 cm³/mol. The van der Waals surface area contributed by atoms with Gasteiger partial charge in [-0.25, -0.2) is 19.9 Å². The summed E-state index contributed by atoms with van der Waals surface area (Å²) in [5, 5.41) is 0. The summed E-state index contributed by atoms with van der Waals surface area (Å²) in [6, 6.07) is 74.1. The first-order valence-corrected chi connectivity index (χ1v) is 25.5. The first-order chi connectivity index (χ1) is 37.6. The molecule has 0 saturated carbocycles. The third kappa shape index (κ3) is 8.34. The van der Waals surface area contributed by atoms with Gasteiger partial charge < -0.3 is 14.5 Å². The van der Waals surface area contributed by atoms with Crippen LogP contribution in [0.2, 0.25) is 0 Å². The molecule has 0 saturated heterocycles. The number of rotatable bonds is 9. The molecule has 2 aliphatic rings. The van der Waals surface area contributed by atoms with Crippen LogP contribution in [0.3, 0.4) is 0 Å². The Labute approximate surface area is 442 Å². The van der Waals surface area contributed by atoms with E-state index < -0.39 is 0 Å². The largest absolute Gasteiger partial charge is 0.453 e. The van der Waals surface area contributed by atoms with Crippen molar-refractivity contribution in [2.24, 2.45) is 0 Å². The summed E-state index contributed by atoms with van der Waals surface area (Å²) >= 11 is 1.77. The molecule has 8 heterocycles. The minimum absolute atomic E-state index is 0.480. The van der Waals surface area contributed by atoms with E-state index in [-0.39, 0.29) is 0 Å². The van der Waals surface area contributed by atoms with Gasteiger partial charge in [0.1, 0.15) is 11.4 Å². The third-order valence-electron chi connectivity index (χ3n) is 13.2. The van der Waals surface area contributed by atoms with E-state index in [2.05, 4.69) is 107 Å². The van der Waals surface area contributed by atoms with Crippen LogP contribution in [-0.2, 0) is 0 Å². The number of nitrogens with zero attached hydrogens (tertiary/aromatic N) is 10. The zero-order valence-electron chi connectivity index (χ0n) is 40.4. The molecule has 6 aromatic heterocycles. The Morgan fingerprint density at radius 2 is 0.645 bits per heavy atom. The molecule has 6 aromatic carbocycles. The predicted octanol–water partition coefficient (Wildman–Crippen LogP) is 16.0. The molecule has 11 nitrogen and oxygen atoms in total. The molecule has 0 N–H and O–H groups in total. The van der Waals surface area contributed by atoms with Crippen LogP contribution in [0.4, 0.5) is 34.1 Å². The molecule has 0 spiro atoms. The Morgan fingerprint density at radius 3 is 1.08 bits per heavy atom. The fourth-order valence-corrected chi connectivity index (χ4v) is 10.8. The second-order valence-corrected chi connectivity index (χ2v) is 19.2. The molecule has 14 rings (SSSR count). The second-order valence-electron chi connectivity index (χ2n) is 18.1. The smallest absolute Gasteiger partial charge is 0.179 e. The number of fused-ring (bicyclic) bond motifs is 4. The van der Waals surface area contributed by atoms with E-state index in [0.29, 0.717) is 51.5 Å². The van der Waals surface area contributed by atoms with Crippen molar-refractivity contribution in [1.29, 1.82) is 0 Å². The summed E-state index contributed by atoms with van der Waals surface area (Å²) in [4.78, 5) is 46.6. The van der Waals surface area contributed by atoms with E-state index in [9.17, 15) is 0 Å². The van der Waals surface area contributed by atoms with Crippen molar-refractivity contribution in [3.63, 3.8) is 0 Å². The van der Waals surface area contributed by atoms with E-state index in [4.69, 9.17) is 44.6 Å². The topological polar surface area (TPSA) is 119 Å². The van der Waals surface area contributed by atoms with Gasteiger partial charge in [0.05, 0.1) is 56.9 Å². The van der Waals surface area contributed by atoms with E-state index in [1.54, 1.807) is 36.5 Å². The van der Waals surface area contributed by atoms with Crippen molar-refractivity contribution in [3.05, 3.63) is 243 Å². The first-order valence-electron chi connectivity index (χ1n) is 24.7. The molecule has 12 aromatic rings. The number of benzene rings is 6. The zero-order valence-corrected chi connectivity index (χ0v) is 41.2. The highest BCUT2D eigenvalue weighted by Gasteiger charge is 2.29. The van der Waals surface area contributed by atoms with Gasteiger partial charge >= 0.3 is 0 Å². The fourth-order valence-electron chi connectivity index (χ4n) is 9.78. The van der Waals surface area contributed by atoms with Gasteiger partial charge in [-0.3, -0.25) is 19.9 Å². The maximum absolute atomic E-state index is 6.57. The van der Waals surface area contributed by atoms with Crippen molar-refractivity contribution in [2.45, 2.75) is 9.79 Å². The van der Waals surface area contributed by atoms with E-state index in [1.807, 2.05) is 121 Å². The minimum atomic E-state index is 0.480. The van der Waals surface area contributed by atoms with Crippen LogP contribution >= 0.6 is 11.8 Å². The monoisotopic (exact) mass is 996 g/mol. The number of ether oxygens (including phenoxy) is 1. The number of anilines is 6. The fraction of sp³-hybridized carbons (Fsp3) is 0. The van der Waals surface area contributed by atoms with Crippen LogP contribution in [0.1, 0.15) is 0 Å². The van der Waals surface area contributed by atoms with Crippen LogP contribution in [0.15, 0.2) is 253 Å². The van der Waals surface area contributed by atoms with Crippen molar-refractivity contribution in [3.8, 4) is 91.0 Å². The molecule has 0 amide bonds. The quantitative estimate of drug-likeness (QED) is 0.137. The van der Waals surface area contributed by atoms with Crippen LogP contribution in [0, 0.1) is 0 Å². The van der Waals surface area contributed by atoms with Gasteiger partial charge in [0.15, 0.2) is 23.1 Å². The Kier molecular flexibility index (Phi) is 11.1. The Bertz CT molecular complexity index is 3670. The molecule has 0 aliphatic carbocycles. The molecular weight excluding hydrogens is 957 g/mol. The normalized spacial score (nSPS) is 12.2. The lowest BCUT2D eigenvalue weighted by atomic mass is 9.95. The van der Waals surface area contributed by atoms with Crippen LogP contribution < -0.4 is 14.5 Å². The Hall–Kier alpha value is -10.2. The molecule has 0 atom stereocenters.